The van der Waals surface area contributed by atoms with Crippen LogP contribution in [0.2, 0.25) is 0 Å². The molecule has 0 aromatic rings. The summed E-state index contributed by atoms with van der Waals surface area (Å²) in [7, 11) is 1.90. The number of likely N-dealkylation sites (N-methyl/N-ethyl adjacent to an activating group) is 1. The highest BCUT2D eigenvalue weighted by Crippen LogP contribution is 2.23. The van der Waals surface area contributed by atoms with Gasteiger partial charge in [0.15, 0.2) is 6.10 Å². The molecule has 0 spiro atoms. The van der Waals surface area contributed by atoms with Crippen molar-refractivity contribution >= 4 is 5.91 Å². The van der Waals surface area contributed by atoms with Gasteiger partial charge in [0.2, 0.25) is 0 Å². The first kappa shape index (κ1) is 14.8. The number of nitrogens with one attached hydrogen (secondary N) is 1. The molecule has 1 aliphatic carbocycles. The molecule has 0 aromatic heterocycles. The van der Waals surface area contributed by atoms with E-state index in [-0.39, 0.29) is 5.91 Å². The van der Waals surface area contributed by atoms with E-state index in [9.17, 15) is 4.79 Å². The fourth-order valence-corrected chi connectivity index (χ4v) is 2.99. The number of amides is 1. The highest BCUT2D eigenvalue weighted by atomic mass is 16.6. The molecule has 2 aliphatic rings. The fraction of sp³-hybridized carbons (Fsp3) is 0.929. The SMILES string of the molecule is CCNC1CCC(N(C)C(=O)C2COCCO2)CC1. The summed E-state index contributed by atoms with van der Waals surface area (Å²) in [6.07, 6.45) is 4.06. The maximum absolute atomic E-state index is 12.3. The van der Waals surface area contributed by atoms with Crippen molar-refractivity contribution in [2.24, 2.45) is 0 Å². The van der Waals surface area contributed by atoms with Gasteiger partial charge in [0.25, 0.3) is 5.91 Å². The van der Waals surface area contributed by atoms with Gasteiger partial charge in [-0.2, -0.15) is 0 Å². The summed E-state index contributed by atoms with van der Waals surface area (Å²) >= 11 is 0. The summed E-state index contributed by atoms with van der Waals surface area (Å²) in [6, 6.07) is 0.979. The van der Waals surface area contributed by atoms with Gasteiger partial charge in [-0.15, -0.1) is 0 Å². The third-order valence-corrected chi connectivity index (χ3v) is 4.18. The first-order valence-electron chi connectivity index (χ1n) is 7.41. The van der Waals surface area contributed by atoms with E-state index in [0.717, 1.165) is 32.2 Å². The van der Waals surface area contributed by atoms with Crippen LogP contribution < -0.4 is 5.32 Å². The second-order valence-electron chi connectivity index (χ2n) is 5.45. The van der Waals surface area contributed by atoms with Gasteiger partial charge < -0.3 is 19.7 Å². The molecule has 110 valence electrons. The Balaban J connectivity index is 1.79. The van der Waals surface area contributed by atoms with Gasteiger partial charge in [-0.05, 0) is 32.2 Å². The quantitative estimate of drug-likeness (QED) is 0.820. The van der Waals surface area contributed by atoms with E-state index >= 15 is 0 Å². The van der Waals surface area contributed by atoms with E-state index in [2.05, 4.69) is 12.2 Å². The van der Waals surface area contributed by atoms with Crippen LogP contribution in [0.25, 0.3) is 0 Å². The molecule has 1 N–H and O–H groups in total. The number of hydrogen-bond donors (Lipinski definition) is 1. The standard InChI is InChI=1S/C14H26N2O3/c1-3-15-11-4-6-12(7-5-11)16(2)14(17)13-10-18-8-9-19-13/h11-13,15H,3-10H2,1-2H3. The zero-order valence-electron chi connectivity index (χ0n) is 12.1. The summed E-state index contributed by atoms with van der Waals surface area (Å²) in [6.45, 7) is 4.69. The normalized spacial score (nSPS) is 32.0. The summed E-state index contributed by atoms with van der Waals surface area (Å²) in [4.78, 5) is 14.2. The van der Waals surface area contributed by atoms with Crippen molar-refractivity contribution in [3.63, 3.8) is 0 Å². The number of rotatable bonds is 4. The molecule has 1 saturated carbocycles. The lowest BCUT2D eigenvalue weighted by molar-refractivity contribution is -0.159. The van der Waals surface area contributed by atoms with Crippen LogP contribution in [0.15, 0.2) is 0 Å². The number of carbonyl (C=O) groups is 1. The van der Waals surface area contributed by atoms with Gasteiger partial charge >= 0.3 is 0 Å². The van der Waals surface area contributed by atoms with E-state index in [0.29, 0.717) is 31.9 Å². The van der Waals surface area contributed by atoms with E-state index < -0.39 is 6.10 Å². The van der Waals surface area contributed by atoms with Crippen LogP contribution in [0.4, 0.5) is 0 Å². The zero-order chi connectivity index (χ0) is 13.7. The van der Waals surface area contributed by atoms with Crippen LogP contribution in [0.3, 0.4) is 0 Å². The lowest BCUT2D eigenvalue weighted by Gasteiger charge is -2.37. The number of nitrogens with zero attached hydrogens (tertiary/aromatic N) is 1. The Hall–Kier alpha value is -0.650. The van der Waals surface area contributed by atoms with Gasteiger partial charge in [-0.3, -0.25) is 4.79 Å². The minimum atomic E-state index is -0.398. The molecule has 0 radical (unpaired) electrons. The minimum Gasteiger partial charge on any atom is -0.376 e. The van der Waals surface area contributed by atoms with Crippen molar-refractivity contribution in [2.75, 3.05) is 33.4 Å². The molecule has 2 rings (SSSR count). The zero-order valence-corrected chi connectivity index (χ0v) is 12.1. The molecule has 19 heavy (non-hydrogen) atoms. The predicted octanol–water partition coefficient (Wildman–Crippen LogP) is 0.781. The van der Waals surface area contributed by atoms with Crippen molar-refractivity contribution in [3.05, 3.63) is 0 Å². The summed E-state index contributed by atoms with van der Waals surface area (Å²) in [5.74, 6) is 0.0756. The van der Waals surface area contributed by atoms with Crippen molar-refractivity contribution in [3.8, 4) is 0 Å². The molecule has 1 unspecified atom stereocenters. The molecule has 5 heteroatoms. The summed E-state index contributed by atoms with van der Waals surface area (Å²) in [5, 5.41) is 3.49. The minimum absolute atomic E-state index is 0.0756. The second-order valence-corrected chi connectivity index (χ2v) is 5.45. The van der Waals surface area contributed by atoms with E-state index in [1.165, 1.54) is 0 Å². The van der Waals surface area contributed by atoms with E-state index in [1.807, 2.05) is 11.9 Å². The number of carbonyl (C=O) groups excluding carboxylic acids is 1. The van der Waals surface area contributed by atoms with Gasteiger partial charge in [-0.25, -0.2) is 0 Å². The van der Waals surface area contributed by atoms with Crippen LogP contribution in [-0.4, -0.2) is 62.4 Å². The largest absolute Gasteiger partial charge is 0.376 e. The van der Waals surface area contributed by atoms with Crippen molar-refractivity contribution in [1.82, 2.24) is 10.2 Å². The van der Waals surface area contributed by atoms with Gasteiger partial charge in [0.05, 0.1) is 19.8 Å². The highest BCUT2D eigenvalue weighted by molar-refractivity contribution is 5.81. The second kappa shape index (κ2) is 7.22. The molecule has 1 aliphatic heterocycles. The summed E-state index contributed by atoms with van der Waals surface area (Å²) in [5.41, 5.74) is 0. The van der Waals surface area contributed by atoms with Crippen LogP contribution in [-0.2, 0) is 14.3 Å². The van der Waals surface area contributed by atoms with Gasteiger partial charge in [0, 0.05) is 19.1 Å². The van der Waals surface area contributed by atoms with Crippen LogP contribution >= 0.6 is 0 Å². The third kappa shape index (κ3) is 3.91. The van der Waals surface area contributed by atoms with Crippen LogP contribution in [0.5, 0.6) is 0 Å². The van der Waals surface area contributed by atoms with Crippen molar-refractivity contribution in [2.45, 2.75) is 50.8 Å². The molecular weight excluding hydrogens is 244 g/mol. The average molecular weight is 270 g/mol. The molecule has 0 bridgehead atoms. The smallest absolute Gasteiger partial charge is 0.254 e. The van der Waals surface area contributed by atoms with E-state index in [4.69, 9.17) is 9.47 Å². The van der Waals surface area contributed by atoms with Crippen LogP contribution in [0, 0.1) is 0 Å². The molecule has 1 saturated heterocycles. The lowest BCUT2D eigenvalue weighted by atomic mass is 9.90. The Morgan fingerprint density at radius 1 is 1.26 bits per heavy atom. The fourth-order valence-electron chi connectivity index (χ4n) is 2.99. The molecule has 1 heterocycles. The van der Waals surface area contributed by atoms with Crippen molar-refractivity contribution in [1.29, 1.82) is 0 Å². The first-order chi connectivity index (χ1) is 9.22. The Morgan fingerprint density at radius 2 is 2.00 bits per heavy atom. The number of ether oxygens (including phenoxy) is 2. The molecule has 5 nitrogen and oxygen atoms in total. The lowest BCUT2D eigenvalue weighted by Crippen LogP contribution is -2.49. The van der Waals surface area contributed by atoms with Crippen molar-refractivity contribution < 1.29 is 14.3 Å². The molecule has 2 fully saturated rings. The Bertz CT molecular complexity index is 284. The summed E-state index contributed by atoms with van der Waals surface area (Å²) < 4.78 is 10.8. The van der Waals surface area contributed by atoms with E-state index in [1.54, 1.807) is 0 Å². The Kier molecular flexibility index (Phi) is 5.60. The third-order valence-electron chi connectivity index (χ3n) is 4.18. The van der Waals surface area contributed by atoms with Crippen LogP contribution in [0.1, 0.15) is 32.6 Å². The molecule has 1 atom stereocenters. The Labute approximate surface area is 115 Å². The molecular formula is C14H26N2O3. The number of hydrogen-bond acceptors (Lipinski definition) is 4. The first-order valence-corrected chi connectivity index (χ1v) is 7.41. The predicted molar refractivity (Wildman–Crippen MR) is 73.0 cm³/mol. The molecule has 1 amide bonds. The van der Waals surface area contributed by atoms with Gasteiger partial charge in [-0.1, -0.05) is 6.92 Å². The molecule has 0 aromatic carbocycles. The maximum atomic E-state index is 12.3. The maximum Gasteiger partial charge on any atom is 0.254 e. The van der Waals surface area contributed by atoms with Gasteiger partial charge in [0.1, 0.15) is 0 Å². The topological polar surface area (TPSA) is 50.8 Å². The monoisotopic (exact) mass is 270 g/mol. The highest BCUT2D eigenvalue weighted by Gasteiger charge is 2.31. The Morgan fingerprint density at radius 3 is 2.58 bits per heavy atom. The average Bonchev–Trinajstić information content (AvgIpc) is 2.48.